The fourth-order valence-corrected chi connectivity index (χ4v) is 4.10. The molecule has 2 N–H and O–H groups in total. The summed E-state index contributed by atoms with van der Waals surface area (Å²) >= 11 is 0. The minimum Gasteiger partial charge on any atom is -0.375 e. The van der Waals surface area contributed by atoms with Crippen LogP contribution in [0.3, 0.4) is 0 Å². The zero-order valence-electron chi connectivity index (χ0n) is 14.4. The van der Waals surface area contributed by atoms with Gasteiger partial charge in [-0.25, -0.2) is 4.79 Å². The number of hydrogen-bond acceptors (Lipinski definition) is 4. The summed E-state index contributed by atoms with van der Waals surface area (Å²) in [6.07, 6.45) is 9.72. The second kappa shape index (κ2) is 7.00. The number of ether oxygens (including phenoxy) is 1. The molecule has 134 valence electrons. The van der Waals surface area contributed by atoms with Crippen molar-refractivity contribution in [1.29, 1.82) is 0 Å². The van der Waals surface area contributed by atoms with Crippen LogP contribution in [0.25, 0.3) is 5.65 Å². The Morgan fingerprint density at radius 3 is 3.04 bits per heavy atom. The number of carbonyl (C=O) groups excluding carboxylic acids is 1. The number of nitrogens with zero attached hydrogens (tertiary/aromatic N) is 3. The normalized spacial score (nSPS) is 22.8. The molecule has 1 spiro atoms. The van der Waals surface area contributed by atoms with Gasteiger partial charge in [0.15, 0.2) is 11.5 Å². The van der Waals surface area contributed by atoms with Crippen molar-refractivity contribution in [2.75, 3.05) is 6.61 Å². The van der Waals surface area contributed by atoms with E-state index in [9.17, 15) is 4.79 Å². The summed E-state index contributed by atoms with van der Waals surface area (Å²) in [7, 11) is 0. The molecular formula is C18H25N5O2. The van der Waals surface area contributed by atoms with Crippen LogP contribution < -0.4 is 10.6 Å². The Bertz CT molecular complexity index is 732. The largest absolute Gasteiger partial charge is 0.375 e. The molecule has 0 unspecified atom stereocenters. The van der Waals surface area contributed by atoms with Gasteiger partial charge in [0, 0.05) is 18.8 Å². The molecule has 1 aliphatic heterocycles. The number of pyridine rings is 1. The van der Waals surface area contributed by atoms with Crippen molar-refractivity contribution in [3.8, 4) is 0 Å². The smallest absolute Gasteiger partial charge is 0.315 e. The van der Waals surface area contributed by atoms with Crippen LogP contribution in [0.4, 0.5) is 4.79 Å². The van der Waals surface area contributed by atoms with E-state index in [-0.39, 0.29) is 17.7 Å². The van der Waals surface area contributed by atoms with Crippen molar-refractivity contribution in [3.63, 3.8) is 0 Å². The van der Waals surface area contributed by atoms with E-state index in [2.05, 4.69) is 20.8 Å². The van der Waals surface area contributed by atoms with Gasteiger partial charge >= 0.3 is 6.03 Å². The molecule has 2 aliphatic rings. The molecule has 1 atom stereocenters. The van der Waals surface area contributed by atoms with Gasteiger partial charge in [-0.1, -0.05) is 25.3 Å². The molecule has 7 nitrogen and oxygen atoms in total. The van der Waals surface area contributed by atoms with Crippen LogP contribution in [0.2, 0.25) is 0 Å². The average Bonchev–Trinajstić information content (AvgIpc) is 3.04. The molecule has 7 heteroatoms. The number of rotatable bonds is 3. The quantitative estimate of drug-likeness (QED) is 0.897. The van der Waals surface area contributed by atoms with E-state index in [0.29, 0.717) is 6.54 Å². The monoisotopic (exact) mass is 343 g/mol. The Hall–Kier alpha value is -2.15. The van der Waals surface area contributed by atoms with Gasteiger partial charge in [0.2, 0.25) is 0 Å². The first-order valence-corrected chi connectivity index (χ1v) is 9.21. The SMILES string of the molecule is O=C(NCc1nnc2ccccn12)N[C@@H]1CCOC2(CCCCC2)C1. The number of urea groups is 1. The molecule has 2 fully saturated rings. The van der Waals surface area contributed by atoms with Crippen LogP contribution >= 0.6 is 0 Å². The Morgan fingerprint density at radius 2 is 2.16 bits per heavy atom. The minimum atomic E-state index is -0.148. The number of nitrogens with one attached hydrogen (secondary N) is 2. The highest BCUT2D eigenvalue weighted by molar-refractivity contribution is 5.74. The van der Waals surface area contributed by atoms with Gasteiger partial charge in [0.1, 0.15) is 0 Å². The first-order valence-electron chi connectivity index (χ1n) is 9.21. The van der Waals surface area contributed by atoms with Crippen LogP contribution in [-0.2, 0) is 11.3 Å². The van der Waals surface area contributed by atoms with Crippen LogP contribution in [0.1, 0.15) is 50.8 Å². The van der Waals surface area contributed by atoms with E-state index in [1.807, 2.05) is 28.8 Å². The molecule has 2 aromatic heterocycles. The third-order valence-electron chi connectivity index (χ3n) is 5.38. The molecule has 0 aromatic carbocycles. The number of amides is 2. The third kappa shape index (κ3) is 3.61. The number of hydrogen-bond donors (Lipinski definition) is 2. The summed E-state index contributed by atoms with van der Waals surface area (Å²) in [6.45, 7) is 1.09. The zero-order chi connectivity index (χ0) is 17.1. The van der Waals surface area contributed by atoms with Crippen LogP contribution in [-0.4, -0.2) is 38.9 Å². The highest BCUT2D eigenvalue weighted by atomic mass is 16.5. The summed E-state index contributed by atoms with van der Waals surface area (Å²) < 4.78 is 7.97. The van der Waals surface area contributed by atoms with Crippen molar-refractivity contribution in [1.82, 2.24) is 25.2 Å². The van der Waals surface area contributed by atoms with E-state index >= 15 is 0 Å². The zero-order valence-corrected chi connectivity index (χ0v) is 14.4. The topological polar surface area (TPSA) is 80.6 Å². The average molecular weight is 343 g/mol. The molecule has 3 heterocycles. The van der Waals surface area contributed by atoms with Crippen molar-refractivity contribution < 1.29 is 9.53 Å². The Morgan fingerprint density at radius 1 is 1.28 bits per heavy atom. The number of aromatic nitrogens is 3. The molecule has 0 bridgehead atoms. The lowest BCUT2D eigenvalue weighted by atomic mass is 9.78. The molecule has 2 amide bonds. The molecule has 2 aromatic rings. The maximum atomic E-state index is 12.3. The predicted octanol–water partition coefficient (Wildman–Crippen LogP) is 2.41. The molecular weight excluding hydrogens is 318 g/mol. The van der Waals surface area contributed by atoms with Crippen LogP contribution in [0.15, 0.2) is 24.4 Å². The fourth-order valence-electron chi connectivity index (χ4n) is 4.10. The lowest BCUT2D eigenvalue weighted by Crippen LogP contribution is -2.51. The maximum absolute atomic E-state index is 12.3. The van der Waals surface area contributed by atoms with Gasteiger partial charge in [-0.05, 0) is 37.8 Å². The first-order chi connectivity index (χ1) is 12.2. The summed E-state index contributed by atoms with van der Waals surface area (Å²) in [6, 6.07) is 5.76. The summed E-state index contributed by atoms with van der Waals surface area (Å²) in [4.78, 5) is 12.3. The Kier molecular flexibility index (Phi) is 4.57. The van der Waals surface area contributed by atoms with Gasteiger partial charge in [-0.2, -0.15) is 0 Å². The molecule has 1 saturated heterocycles. The van der Waals surface area contributed by atoms with E-state index in [0.717, 1.165) is 43.8 Å². The van der Waals surface area contributed by atoms with Crippen molar-refractivity contribution in [2.45, 2.75) is 63.1 Å². The highest BCUT2D eigenvalue weighted by Crippen LogP contribution is 2.38. The second-order valence-electron chi connectivity index (χ2n) is 7.15. The lowest BCUT2D eigenvalue weighted by molar-refractivity contribution is -0.107. The van der Waals surface area contributed by atoms with E-state index in [1.165, 1.54) is 19.3 Å². The van der Waals surface area contributed by atoms with E-state index in [1.54, 1.807) is 0 Å². The lowest BCUT2D eigenvalue weighted by Gasteiger charge is -2.43. The van der Waals surface area contributed by atoms with Crippen molar-refractivity contribution >= 4 is 11.7 Å². The summed E-state index contributed by atoms with van der Waals surface area (Å²) in [5.41, 5.74) is 0.779. The van der Waals surface area contributed by atoms with Crippen LogP contribution in [0.5, 0.6) is 0 Å². The first kappa shape index (κ1) is 16.3. The number of carbonyl (C=O) groups is 1. The molecule has 25 heavy (non-hydrogen) atoms. The number of fused-ring (bicyclic) bond motifs is 1. The second-order valence-corrected chi connectivity index (χ2v) is 7.15. The van der Waals surface area contributed by atoms with Crippen molar-refractivity contribution in [2.24, 2.45) is 0 Å². The Labute approximate surface area is 147 Å². The summed E-state index contributed by atoms with van der Waals surface area (Å²) in [5, 5.41) is 14.2. The van der Waals surface area contributed by atoms with Gasteiger partial charge in [0.25, 0.3) is 0 Å². The summed E-state index contributed by atoms with van der Waals surface area (Å²) in [5.74, 6) is 0.724. The van der Waals surface area contributed by atoms with Crippen molar-refractivity contribution in [3.05, 3.63) is 30.2 Å². The van der Waals surface area contributed by atoms with E-state index < -0.39 is 0 Å². The van der Waals surface area contributed by atoms with E-state index in [4.69, 9.17) is 4.74 Å². The molecule has 4 rings (SSSR count). The third-order valence-corrected chi connectivity index (χ3v) is 5.38. The van der Waals surface area contributed by atoms with Gasteiger partial charge in [-0.15, -0.1) is 10.2 Å². The maximum Gasteiger partial charge on any atom is 0.315 e. The standard InChI is InChI=1S/C18H25N5O2/c24-17(19-13-16-22-21-15-6-2-5-10-23(15)16)20-14-7-11-25-18(12-14)8-3-1-4-9-18/h2,5-6,10,14H,1,3-4,7-9,11-13H2,(H2,19,20,24)/t14-/m1/s1. The predicted molar refractivity (Wildman–Crippen MR) is 93.1 cm³/mol. The minimum absolute atomic E-state index is 0.00233. The Balaban J connectivity index is 1.31. The molecule has 1 aliphatic carbocycles. The van der Waals surface area contributed by atoms with Gasteiger partial charge in [-0.3, -0.25) is 4.40 Å². The fraction of sp³-hybridized carbons (Fsp3) is 0.611. The van der Waals surface area contributed by atoms with Gasteiger partial charge < -0.3 is 15.4 Å². The molecule has 0 radical (unpaired) electrons. The molecule has 1 saturated carbocycles. The highest BCUT2D eigenvalue weighted by Gasteiger charge is 2.38. The van der Waals surface area contributed by atoms with Gasteiger partial charge in [0.05, 0.1) is 12.1 Å². The van der Waals surface area contributed by atoms with Crippen LogP contribution in [0, 0.1) is 0 Å².